The van der Waals surface area contributed by atoms with E-state index in [4.69, 9.17) is 18.5 Å². The highest BCUT2D eigenvalue weighted by Gasteiger charge is 2.51. The normalized spacial score (nSPS) is 21.9. The lowest BCUT2D eigenvalue weighted by Crippen LogP contribution is -2.64. The van der Waals surface area contributed by atoms with E-state index < -0.39 is 63.1 Å². The van der Waals surface area contributed by atoms with Crippen molar-refractivity contribution in [1.29, 1.82) is 0 Å². The summed E-state index contributed by atoms with van der Waals surface area (Å²) in [5.41, 5.74) is 0. The molecule has 0 radical (unpaired) electrons. The molecule has 0 aliphatic heterocycles. The van der Waals surface area contributed by atoms with Gasteiger partial charge in [0.15, 0.2) is 0 Å². The quantitative estimate of drug-likeness (QED) is 0.0193. The number of phosphoric ester groups is 1. The summed E-state index contributed by atoms with van der Waals surface area (Å²) in [7, 11) is -5.01. The second kappa shape index (κ2) is 40.6. The summed E-state index contributed by atoms with van der Waals surface area (Å²) in [5.74, 6) is -0.471. The number of rotatable bonds is 45. The second-order valence-electron chi connectivity index (χ2n) is 18.4. The lowest BCUT2D eigenvalue weighted by atomic mass is 9.85. The van der Waals surface area contributed by atoms with Crippen molar-refractivity contribution in [3.05, 3.63) is 0 Å². The minimum absolute atomic E-state index is 0.0676. The maximum atomic E-state index is 12.8. The first-order valence-electron chi connectivity index (χ1n) is 25.9. The molecule has 0 saturated heterocycles. The van der Waals surface area contributed by atoms with Crippen LogP contribution < -0.4 is 0 Å². The van der Waals surface area contributed by atoms with Gasteiger partial charge in [0, 0.05) is 13.0 Å². The summed E-state index contributed by atoms with van der Waals surface area (Å²) in [5, 5.41) is 50.2. The van der Waals surface area contributed by atoms with Gasteiger partial charge in [0.25, 0.3) is 0 Å². The van der Waals surface area contributed by atoms with Crippen molar-refractivity contribution in [3.63, 3.8) is 0 Å². The van der Waals surface area contributed by atoms with Gasteiger partial charge in [-0.1, -0.05) is 226 Å². The standard InChI is InChI=1S/C49H97O12P/c1-3-5-7-9-11-13-15-17-18-19-20-21-22-23-24-25-27-29-31-33-35-37-39-58-40-42(41-59-62(56,57)61-49-47(54)45(52)44(51)46(53)48(49)55)60-43(50)38-36-34-32-30-28-26-16-14-12-10-8-6-4-2/h42,44-49,51-55H,3-41H2,1-2H3,(H,56,57). The molecule has 1 aliphatic carbocycles. The van der Waals surface area contributed by atoms with Crippen LogP contribution >= 0.6 is 7.82 Å². The van der Waals surface area contributed by atoms with E-state index in [1.165, 1.54) is 180 Å². The maximum absolute atomic E-state index is 12.8. The Morgan fingerprint density at radius 2 is 0.758 bits per heavy atom. The molecule has 12 nitrogen and oxygen atoms in total. The Labute approximate surface area is 378 Å². The van der Waals surface area contributed by atoms with E-state index in [1.54, 1.807) is 0 Å². The number of unbranched alkanes of at least 4 members (excludes halogenated alkanes) is 33. The van der Waals surface area contributed by atoms with Crippen LogP contribution in [0, 0.1) is 0 Å². The topological polar surface area (TPSA) is 192 Å². The first-order valence-corrected chi connectivity index (χ1v) is 27.4. The van der Waals surface area contributed by atoms with E-state index in [9.17, 15) is 39.8 Å². The van der Waals surface area contributed by atoms with Gasteiger partial charge in [-0.25, -0.2) is 4.57 Å². The van der Waals surface area contributed by atoms with Gasteiger partial charge in [0.1, 0.15) is 42.7 Å². The van der Waals surface area contributed by atoms with Crippen LogP contribution in [0.1, 0.15) is 245 Å². The third-order valence-electron chi connectivity index (χ3n) is 12.5. The van der Waals surface area contributed by atoms with Crippen LogP contribution in [0.2, 0.25) is 0 Å². The van der Waals surface area contributed by atoms with Crippen LogP contribution in [0.25, 0.3) is 0 Å². The van der Waals surface area contributed by atoms with Crippen molar-refractivity contribution in [2.24, 2.45) is 0 Å². The van der Waals surface area contributed by atoms with Gasteiger partial charge >= 0.3 is 13.8 Å². The van der Waals surface area contributed by atoms with Crippen LogP contribution in [-0.4, -0.2) is 98.9 Å². The van der Waals surface area contributed by atoms with Gasteiger partial charge in [-0.3, -0.25) is 13.8 Å². The summed E-state index contributed by atoms with van der Waals surface area (Å²) in [6, 6.07) is 0. The highest BCUT2D eigenvalue weighted by atomic mass is 31.2. The Bertz CT molecular complexity index is 1040. The van der Waals surface area contributed by atoms with E-state index in [1.807, 2.05) is 0 Å². The molecule has 0 bridgehead atoms. The second-order valence-corrected chi connectivity index (χ2v) is 19.8. The van der Waals surface area contributed by atoms with Crippen molar-refractivity contribution in [1.82, 2.24) is 0 Å². The minimum atomic E-state index is -5.01. The fourth-order valence-electron chi connectivity index (χ4n) is 8.36. The number of aliphatic hydroxyl groups is 5. The van der Waals surface area contributed by atoms with Crippen molar-refractivity contribution < 1.29 is 58.3 Å². The lowest BCUT2D eigenvalue weighted by Gasteiger charge is -2.41. The molecule has 1 fully saturated rings. The number of hydrogen-bond donors (Lipinski definition) is 6. The van der Waals surface area contributed by atoms with Crippen LogP contribution in [0.4, 0.5) is 0 Å². The summed E-state index contributed by atoms with van der Waals surface area (Å²) in [6.45, 7) is 4.31. The smallest absolute Gasteiger partial charge is 0.457 e. The fraction of sp³-hybridized carbons (Fsp3) is 0.980. The molecule has 62 heavy (non-hydrogen) atoms. The summed E-state index contributed by atoms with van der Waals surface area (Å²) in [4.78, 5) is 23.2. The zero-order chi connectivity index (χ0) is 45.5. The van der Waals surface area contributed by atoms with Gasteiger partial charge in [-0.2, -0.15) is 0 Å². The van der Waals surface area contributed by atoms with Gasteiger partial charge in [-0.15, -0.1) is 0 Å². The molecule has 0 spiro atoms. The van der Waals surface area contributed by atoms with Crippen molar-refractivity contribution in [2.45, 2.75) is 288 Å². The molecule has 0 heterocycles. The van der Waals surface area contributed by atoms with Crippen molar-refractivity contribution in [3.8, 4) is 0 Å². The fourth-order valence-corrected chi connectivity index (χ4v) is 9.33. The molecule has 0 amide bonds. The minimum Gasteiger partial charge on any atom is -0.457 e. The number of aliphatic hydroxyl groups excluding tert-OH is 5. The molecule has 0 aromatic heterocycles. The molecular weight excluding hydrogens is 812 g/mol. The number of hydrogen-bond acceptors (Lipinski definition) is 11. The molecule has 0 aromatic carbocycles. The van der Waals surface area contributed by atoms with E-state index in [-0.39, 0.29) is 13.0 Å². The van der Waals surface area contributed by atoms with E-state index in [0.29, 0.717) is 13.0 Å². The number of esters is 1. The first-order chi connectivity index (χ1) is 30.0. The third-order valence-corrected chi connectivity index (χ3v) is 13.5. The molecule has 1 rings (SSSR count). The SMILES string of the molecule is CCCCCCCCCCCCCCCCCCCCCCCCOCC(COP(=O)(O)OC1C(O)C(O)C(O)C(O)C1O)OC(=O)CCCCCCCCCCCCCCC. The Morgan fingerprint density at radius 1 is 0.452 bits per heavy atom. The highest BCUT2D eigenvalue weighted by molar-refractivity contribution is 7.47. The molecule has 1 saturated carbocycles. The number of carbonyl (C=O) groups excluding carboxylic acids is 1. The predicted octanol–water partition coefficient (Wildman–Crippen LogP) is 11.3. The molecule has 13 heteroatoms. The van der Waals surface area contributed by atoms with E-state index in [0.717, 1.165) is 38.5 Å². The van der Waals surface area contributed by atoms with Gasteiger partial charge < -0.3 is 39.9 Å². The maximum Gasteiger partial charge on any atom is 0.472 e. The van der Waals surface area contributed by atoms with Crippen LogP contribution in [0.3, 0.4) is 0 Å². The Morgan fingerprint density at radius 3 is 1.11 bits per heavy atom. The lowest BCUT2D eigenvalue weighted by molar-refractivity contribution is -0.220. The average Bonchev–Trinajstić information content (AvgIpc) is 3.26. The van der Waals surface area contributed by atoms with Crippen LogP contribution in [-0.2, 0) is 27.9 Å². The van der Waals surface area contributed by atoms with Gasteiger partial charge in [-0.05, 0) is 12.8 Å². The number of carbonyl (C=O) groups is 1. The summed E-state index contributed by atoms with van der Waals surface area (Å²) in [6.07, 6.45) is 31.8. The van der Waals surface area contributed by atoms with Crippen LogP contribution in [0.15, 0.2) is 0 Å². The summed E-state index contributed by atoms with van der Waals surface area (Å²) < 4.78 is 34.3. The first kappa shape index (κ1) is 59.4. The zero-order valence-electron chi connectivity index (χ0n) is 39.7. The largest absolute Gasteiger partial charge is 0.472 e. The van der Waals surface area contributed by atoms with E-state index in [2.05, 4.69) is 13.8 Å². The Balaban J connectivity index is 2.28. The van der Waals surface area contributed by atoms with Gasteiger partial charge in [0.05, 0.1) is 13.2 Å². The third kappa shape index (κ3) is 32.1. The molecule has 0 aromatic rings. The molecule has 6 unspecified atom stereocenters. The highest BCUT2D eigenvalue weighted by Crippen LogP contribution is 2.47. The average molecular weight is 909 g/mol. The molecule has 1 aliphatic rings. The number of ether oxygens (including phenoxy) is 2. The molecule has 6 atom stereocenters. The van der Waals surface area contributed by atoms with Crippen LogP contribution in [0.5, 0.6) is 0 Å². The van der Waals surface area contributed by atoms with Crippen molar-refractivity contribution >= 4 is 13.8 Å². The Hall–Kier alpha value is -0.660. The Kier molecular flexibility index (Phi) is 38.9. The zero-order valence-corrected chi connectivity index (χ0v) is 40.6. The molecule has 370 valence electrons. The summed E-state index contributed by atoms with van der Waals surface area (Å²) >= 11 is 0. The van der Waals surface area contributed by atoms with E-state index >= 15 is 0 Å². The predicted molar refractivity (Wildman–Crippen MR) is 249 cm³/mol. The number of phosphoric acid groups is 1. The monoisotopic (exact) mass is 909 g/mol. The molecular formula is C49H97O12P. The van der Waals surface area contributed by atoms with Gasteiger partial charge in [0.2, 0.25) is 0 Å². The molecule has 6 N–H and O–H groups in total. The van der Waals surface area contributed by atoms with Crippen molar-refractivity contribution in [2.75, 3.05) is 19.8 Å².